The molecule has 0 radical (unpaired) electrons. The molecule has 0 fully saturated rings. The number of carbonyl (C=O) groups is 1. The molecular formula is C22H14N2O7. The number of phenolic OH excluding ortho intramolecular Hbond substituents is 1. The van der Waals surface area contributed by atoms with Gasteiger partial charge in [0.1, 0.15) is 11.5 Å². The third-order valence-corrected chi connectivity index (χ3v) is 4.86. The standard InChI is InChI=1S/C22H14N2O7/c25-14-9-10-20-16(12-14)21(26)17(11-13-5-1-3-7-18(13)23(27)28)22(31-20)15-6-2-4-8-19(15)24(29)30/h1-12,22,25H. The zero-order valence-corrected chi connectivity index (χ0v) is 15.8. The lowest BCUT2D eigenvalue weighted by atomic mass is 9.88. The first-order valence-corrected chi connectivity index (χ1v) is 9.09. The van der Waals surface area contributed by atoms with Gasteiger partial charge in [0, 0.05) is 17.7 Å². The summed E-state index contributed by atoms with van der Waals surface area (Å²) in [5, 5.41) is 32.8. The minimum absolute atomic E-state index is 0.0262. The number of benzene rings is 3. The van der Waals surface area contributed by atoms with Crippen LogP contribution in [0.4, 0.5) is 11.4 Å². The van der Waals surface area contributed by atoms with Crippen molar-refractivity contribution >= 4 is 23.2 Å². The fourth-order valence-electron chi connectivity index (χ4n) is 3.45. The van der Waals surface area contributed by atoms with E-state index in [1.54, 1.807) is 12.1 Å². The summed E-state index contributed by atoms with van der Waals surface area (Å²) in [6.45, 7) is 0. The molecule has 9 nitrogen and oxygen atoms in total. The Balaban J connectivity index is 1.96. The molecule has 0 aromatic heterocycles. The van der Waals surface area contributed by atoms with Gasteiger partial charge in [0.15, 0.2) is 11.9 Å². The summed E-state index contributed by atoms with van der Waals surface area (Å²) in [6.07, 6.45) is 0.125. The van der Waals surface area contributed by atoms with Crippen LogP contribution in [-0.2, 0) is 0 Å². The van der Waals surface area contributed by atoms with Crippen LogP contribution >= 0.6 is 0 Å². The van der Waals surface area contributed by atoms with E-state index in [9.17, 15) is 30.1 Å². The average molecular weight is 418 g/mol. The molecule has 3 aromatic rings. The molecule has 9 heteroatoms. The van der Waals surface area contributed by atoms with Gasteiger partial charge in [-0.15, -0.1) is 0 Å². The number of rotatable bonds is 4. The number of ether oxygens (including phenoxy) is 1. The summed E-state index contributed by atoms with van der Waals surface area (Å²) >= 11 is 0. The Morgan fingerprint density at radius 1 is 0.903 bits per heavy atom. The molecule has 0 spiro atoms. The second-order valence-corrected chi connectivity index (χ2v) is 6.74. The molecule has 1 aliphatic heterocycles. The molecule has 3 aromatic carbocycles. The third kappa shape index (κ3) is 3.60. The first kappa shape index (κ1) is 19.8. The van der Waals surface area contributed by atoms with Crippen molar-refractivity contribution in [2.75, 3.05) is 0 Å². The maximum Gasteiger partial charge on any atom is 0.276 e. The largest absolute Gasteiger partial charge is 0.508 e. The van der Waals surface area contributed by atoms with E-state index in [1.807, 2.05) is 0 Å². The fourth-order valence-corrected chi connectivity index (χ4v) is 3.45. The Kier molecular flexibility index (Phi) is 4.92. The maximum atomic E-state index is 13.3. The number of nitro groups is 2. The number of Topliss-reactive ketones (excluding diaryl/α,β-unsaturated/α-hetero) is 1. The van der Waals surface area contributed by atoms with Gasteiger partial charge in [-0.25, -0.2) is 0 Å². The monoisotopic (exact) mass is 418 g/mol. The molecule has 4 rings (SSSR count). The quantitative estimate of drug-likeness (QED) is 0.372. The van der Waals surface area contributed by atoms with E-state index in [2.05, 4.69) is 0 Å². The highest BCUT2D eigenvalue weighted by Gasteiger charge is 2.37. The Morgan fingerprint density at radius 2 is 1.55 bits per heavy atom. The Bertz CT molecular complexity index is 1270. The molecule has 0 amide bonds. The van der Waals surface area contributed by atoms with E-state index < -0.39 is 21.7 Å². The molecule has 0 bridgehead atoms. The number of nitrogens with zero attached hydrogens (tertiary/aromatic N) is 2. The molecule has 0 saturated heterocycles. The van der Waals surface area contributed by atoms with Crippen LogP contribution in [0.25, 0.3) is 6.08 Å². The Labute approximate surface area is 175 Å². The van der Waals surface area contributed by atoms with Gasteiger partial charge >= 0.3 is 0 Å². The SMILES string of the molecule is O=C1C(=Cc2ccccc2[N+](=O)[O-])C(c2ccccc2[N+](=O)[O-])Oc2ccc(O)cc21. The van der Waals surface area contributed by atoms with Crippen molar-refractivity contribution in [1.29, 1.82) is 0 Å². The lowest BCUT2D eigenvalue weighted by molar-refractivity contribution is -0.386. The van der Waals surface area contributed by atoms with Crippen molar-refractivity contribution in [2.45, 2.75) is 6.10 Å². The van der Waals surface area contributed by atoms with E-state index in [0.29, 0.717) is 0 Å². The summed E-state index contributed by atoms with van der Waals surface area (Å²) in [4.78, 5) is 35.1. The summed E-state index contributed by atoms with van der Waals surface area (Å²) in [5.74, 6) is -0.575. The van der Waals surface area contributed by atoms with Gasteiger partial charge in [-0.05, 0) is 36.4 Å². The van der Waals surface area contributed by atoms with Gasteiger partial charge in [-0.1, -0.05) is 24.3 Å². The fraction of sp³-hybridized carbons (Fsp3) is 0.0455. The second-order valence-electron chi connectivity index (χ2n) is 6.74. The molecule has 1 N–H and O–H groups in total. The number of fused-ring (bicyclic) bond motifs is 1. The van der Waals surface area contributed by atoms with Crippen molar-refractivity contribution in [3.05, 3.63) is 109 Å². The highest BCUT2D eigenvalue weighted by molar-refractivity contribution is 6.15. The number of phenols is 1. The van der Waals surface area contributed by atoms with Crippen molar-refractivity contribution in [1.82, 2.24) is 0 Å². The van der Waals surface area contributed by atoms with Gasteiger partial charge in [-0.2, -0.15) is 0 Å². The van der Waals surface area contributed by atoms with Gasteiger partial charge in [0.2, 0.25) is 0 Å². The number of hydrogen-bond acceptors (Lipinski definition) is 7. The van der Waals surface area contributed by atoms with Crippen molar-refractivity contribution in [2.24, 2.45) is 0 Å². The molecule has 0 aliphatic carbocycles. The number of para-hydroxylation sites is 2. The zero-order chi connectivity index (χ0) is 22.1. The molecular weight excluding hydrogens is 404 g/mol. The summed E-state index contributed by atoms with van der Waals surface area (Å²) in [7, 11) is 0. The van der Waals surface area contributed by atoms with Gasteiger partial charge in [-0.3, -0.25) is 25.0 Å². The normalized spacial score (nSPS) is 16.5. The Morgan fingerprint density at radius 3 is 2.26 bits per heavy atom. The highest BCUT2D eigenvalue weighted by atomic mass is 16.6. The smallest absolute Gasteiger partial charge is 0.276 e. The van der Waals surface area contributed by atoms with Crippen LogP contribution in [0.3, 0.4) is 0 Å². The lowest BCUT2D eigenvalue weighted by Gasteiger charge is -2.28. The summed E-state index contributed by atoms with van der Waals surface area (Å²) in [6, 6.07) is 15.6. The third-order valence-electron chi connectivity index (χ3n) is 4.86. The van der Waals surface area contributed by atoms with E-state index in [1.165, 1.54) is 60.7 Å². The number of aromatic hydroxyl groups is 1. The molecule has 31 heavy (non-hydrogen) atoms. The van der Waals surface area contributed by atoms with E-state index in [-0.39, 0.29) is 45.1 Å². The minimum atomic E-state index is -1.18. The van der Waals surface area contributed by atoms with E-state index in [4.69, 9.17) is 4.74 Å². The van der Waals surface area contributed by atoms with Crippen LogP contribution in [0.2, 0.25) is 0 Å². The molecule has 0 saturated carbocycles. The van der Waals surface area contributed by atoms with Crippen LogP contribution in [0.15, 0.2) is 72.3 Å². The topological polar surface area (TPSA) is 133 Å². The number of ketones is 1. The predicted molar refractivity (Wildman–Crippen MR) is 110 cm³/mol. The van der Waals surface area contributed by atoms with Crippen LogP contribution in [0, 0.1) is 20.2 Å². The minimum Gasteiger partial charge on any atom is -0.508 e. The maximum absolute atomic E-state index is 13.3. The lowest BCUT2D eigenvalue weighted by Crippen LogP contribution is -2.24. The second kappa shape index (κ2) is 7.71. The van der Waals surface area contributed by atoms with Crippen molar-refractivity contribution < 1.29 is 24.5 Å². The zero-order valence-electron chi connectivity index (χ0n) is 15.8. The summed E-state index contributed by atoms with van der Waals surface area (Å²) < 4.78 is 5.94. The average Bonchev–Trinajstić information content (AvgIpc) is 2.76. The summed E-state index contributed by atoms with van der Waals surface area (Å²) in [5.41, 5.74) is -0.181. The predicted octanol–water partition coefficient (Wildman–Crippen LogP) is 4.61. The van der Waals surface area contributed by atoms with E-state index >= 15 is 0 Å². The van der Waals surface area contributed by atoms with Crippen LogP contribution in [-0.4, -0.2) is 20.7 Å². The van der Waals surface area contributed by atoms with Crippen molar-refractivity contribution in [3.8, 4) is 11.5 Å². The molecule has 1 unspecified atom stereocenters. The van der Waals surface area contributed by atoms with E-state index in [0.717, 1.165) is 0 Å². The van der Waals surface area contributed by atoms with Crippen LogP contribution in [0.5, 0.6) is 11.5 Å². The van der Waals surface area contributed by atoms with Gasteiger partial charge in [0.25, 0.3) is 11.4 Å². The van der Waals surface area contributed by atoms with Crippen LogP contribution in [0.1, 0.15) is 27.6 Å². The number of carbonyl (C=O) groups excluding carboxylic acids is 1. The molecule has 154 valence electrons. The molecule has 1 aliphatic rings. The number of nitro benzene ring substituents is 2. The molecule has 1 heterocycles. The van der Waals surface area contributed by atoms with Crippen LogP contribution < -0.4 is 4.74 Å². The highest BCUT2D eigenvalue weighted by Crippen LogP contribution is 2.43. The van der Waals surface area contributed by atoms with Gasteiger partial charge in [0.05, 0.1) is 26.5 Å². The first-order valence-electron chi connectivity index (χ1n) is 9.09. The van der Waals surface area contributed by atoms with Crippen molar-refractivity contribution in [3.63, 3.8) is 0 Å². The number of hydrogen-bond donors (Lipinski definition) is 1. The Hall–Kier alpha value is -4.53. The molecule has 1 atom stereocenters. The first-order chi connectivity index (χ1) is 14.9. The van der Waals surface area contributed by atoms with Gasteiger partial charge < -0.3 is 9.84 Å².